The lowest BCUT2D eigenvalue weighted by Gasteiger charge is -2.19. The second-order valence-electron chi connectivity index (χ2n) is 13.8. The Morgan fingerprint density at radius 1 is 0.551 bits per heavy atom. The van der Waals surface area contributed by atoms with Crippen molar-refractivity contribution in [3.05, 3.63) is 12.2 Å². The molecule has 0 aliphatic carbocycles. The maximum atomic E-state index is 12.5. The highest BCUT2D eigenvalue weighted by Gasteiger charge is 2.24. The summed E-state index contributed by atoms with van der Waals surface area (Å²) in [5, 5.41) is 0. The number of phosphoric ester groups is 1. The van der Waals surface area contributed by atoms with Gasteiger partial charge in [0.15, 0.2) is 6.10 Å². The smallest absolute Gasteiger partial charge is 0.462 e. The van der Waals surface area contributed by atoms with Crippen LogP contribution in [0.4, 0.5) is 0 Å². The number of phosphoric acid groups is 1. The summed E-state index contributed by atoms with van der Waals surface area (Å²) >= 11 is 0. The van der Waals surface area contributed by atoms with E-state index >= 15 is 0 Å². The molecule has 1 N–H and O–H groups in total. The molecule has 0 heterocycles. The minimum Gasteiger partial charge on any atom is -0.462 e. The Morgan fingerprint density at radius 3 is 1.33 bits per heavy atom. The molecule has 2 atom stereocenters. The third-order valence-electron chi connectivity index (χ3n) is 9.01. The molecule has 0 rings (SSSR count). The van der Waals surface area contributed by atoms with E-state index in [1.165, 1.54) is 141 Å². The summed E-state index contributed by atoms with van der Waals surface area (Å²) in [4.78, 5) is 34.3. The van der Waals surface area contributed by atoms with Gasteiger partial charge in [0.2, 0.25) is 0 Å². The van der Waals surface area contributed by atoms with Crippen LogP contribution in [0.3, 0.4) is 0 Å². The first-order valence-corrected chi connectivity index (χ1v) is 21.9. The second kappa shape index (κ2) is 36.6. The second-order valence-corrected chi connectivity index (χ2v) is 15.3. The van der Waals surface area contributed by atoms with Crippen molar-refractivity contribution in [1.82, 2.24) is 0 Å². The predicted octanol–water partition coefficient (Wildman–Crippen LogP) is 12.5. The molecule has 8 nitrogen and oxygen atoms in total. The van der Waals surface area contributed by atoms with Crippen LogP contribution >= 0.6 is 7.82 Å². The minimum atomic E-state index is -4.25. The maximum Gasteiger partial charge on any atom is 0.472 e. The highest BCUT2D eigenvalue weighted by molar-refractivity contribution is 7.47. The third kappa shape index (κ3) is 36.4. The van der Waals surface area contributed by atoms with Crippen molar-refractivity contribution < 1.29 is 37.6 Å². The van der Waals surface area contributed by atoms with Crippen molar-refractivity contribution in [2.24, 2.45) is 0 Å². The number of carbonyl (C=O) groups is 2. The van der Waals surface area contributed by atoms with Gasteiger partial charge in [-0.3, -0.25) is 18.6 Å². The van der Waals surface area contributed by atoms with Gasteiger partial charge in [0, 0.05) is 20.0 Å². The van der Waals surface area contributed by atoms with Crippen LogP contribution in [0.1, 0.15) is 206 Å². The number of rotatable bonds is 38. The fourth-order valence-corrected chi connectivity index (χ4v) is 6.29. The zero-order valence-electron chi connectivity index (χ0n) is 32.1. The fourth-order valence-electron chi connectivity index (χ4n) is 5.83. The Kier molecular flexibility index (Phi) is 35.7. The van der Waals surface area contributed by atoms with Crippen molar-refractivity contribution in [1.29, 1.82) is 0 Å². The van der Waals surface area contributed by atoms with E-state index in [1.54, 1.807) is 0 Å². The van der Waals surface area contributed by atoms with Crippen LogP contribution in [-0.4, -0.2) is 43.3 Å². The zero-order chi connectivity index (χ0) is 36.1. The summed E-state index contributed by atoms with van der Waals surface area (Å²) in [6.45, 7) is 3.87. The van der Waals surface area contributed by atoms with Gasteiger partial charge in [-0.15, -0.1) is 0 Å². The van der Waals surface area contributed by atoms with E-state index < -0.39 is 26.5 Å². The first-order valence-electron chi connectivity index (χ1n) is 20.4. The minimum absolute atomic E-state index is 0.221. The molecule has 0 aromatic rings. The van der Waals surface area contributed by atoms with E-state index in [9.17, 15) is 19.0 Å². The molecule has 0 fully saturated rings. The first kappa shape index (κ1) is 47.8. The number of hydrogen-bond donors (Lipinski definition) is 1. The van der Waals surface area contributed by atoms with E-state index in [1.807, 2.05) is 0 Å². The molecular weight excluding hydrogens is 639 g/mol. The maximum absolute atomic E-state index is 12.5. The molecule has 0 saturated carbocycles. The van der Waals surface area contributed by atoms with Crippen molar-refractivity contribution in [3.63, 3.8) is 0 Å². The Hall–Kier alpha value is -1.21. The van der Waals surface area contributed by atoms with Crippen LogP contribution in [0.5, 0.6) is 0 Å². The van der Waals surface area contributed by atoms with Crippen LogP contribution < -0.4 is 0 Å². The summed E-state index contributed by atoms with van der Waals surface area (Å²) in [5.41, 5.74) is 0. The zero-order valence-corrected chi connectivity index (χ0v) is 33.0. The summed E-state index contributed by atoms with van der Waals surface area (Å²) in [5.74, 6) is -0.801. The van der Waals surface area contributed by atoms with Crippen molar-refractivity contribution in [2.75, 3.05) is 20.3 Å². The van der Waals surface area contributed by atoms with Gasteiger partial charge >= 0.3 is 19.8 Å². The Bertz CT molecular complexity index is 818. The fraction of sp³-hybridized carbons (Fsp3) is 0.900. The van der Waals surface area contributed by atoms with E-state index in [0.717, 1.165) is 39.2 Å². The summed E-state index contributed by atoms with van der Waals surface area (Å²) in [6.07, 6.45) is 38.5. The highest BCUT2D eigenvalue weighted by atomic mass is 31.2. The molecule has 2 unspecified atom stereocenters. The topological polar surface area (TPSA) is 108 Å². The summed E-state index contributed by atoms with van der Waals surface area (Å²) in [6, 6.07) is 0. The SMILES string of the molecule is CCCCCCCCCC/C=C\CCCCCCCCCCCC(=O)OC(COC(=O)CCCCCCCCCCC)COP(=O)(O)OC. The van der Waals surface area contributed by atoms with Gasteiger partial charge in [-0.2, -0.15) is 0 Å². The van der Waals surface area contributed by atoms with Gasteiger partial charge in [-0.05, 0) is 38.5 Å². The number of carbonyl (C=O) groups excluding carboxylic acids is 2. The Balaban J connectivity index is 3.92. The van der Waals surface area contributed by atoms with Crippen molar-refractivity contribution >= 4 is 19.8 Å². The predicted molar refractivity (Wildman–Crippen MR) is 203 cm³/mol. The molecule has 0 aromatic heterocycles. The van der Waals surface area contributed by atoms with Crippen LogP contribution in [-0.2, 0) is 32.7 Å². The molecule has 0 aliphatic rings. The van der Waals surface area contributed by atoms with Gasteiger partial charge in [0.1, 0.15) is 6.61 Å². The molecule has 9 heteroatoms. The van der Waals surface area contributed by atoms with Gasteiger partial charge in [-0.25, -0.2) is 4.57 Å². The van der Waals surface area contributed by atoms with E-state index in [2.05, 4.69) is 30.5 Å². The summed E-state index contributed by atoms with van der Waals surface area (Å²) in [7, 11) is -3.19. The molecule has 0 radical (unpaired) electrons. The molecule has 290 valence electrons. The molecule has 0 amide bonds. The standard InChI is InChI=1S/C40H77O8P/c1-4-6-8-10-12-14-15-16-17-18-19-20-21-22-23-24-25-27-29-31-33-35-40(42)48-38(37-47-49(43,44)45-3)36-46-39(41)34-32-30-28-26-13-11-9-7-5-2/h18-19,38H,4-17,20-37H2,1-3H3,(H,43,44)/b19-18-. The van der Waals surface area contributed by atoms with Crippen molar-refractivity contribution in [2.45, 2.75) is 213 Å². The molecule has 49 heavy (non-hydrogen) atoms. The van der Waals surface area contributed by atoms with Gasteiger partial charge in [0.05, 0.1) is 6.61 Å². The molecule has 0 bridgehead atoms. The Labute approximate surface area is 301 Å². The molecule has 0 saturated heterocycles. The Morgan fingerprint density at radius 2 is 0.918 bits per heavy atom. The number of allylic oxidation sites excluding steroid dienone is 2. The van der Waals surface area contributed by atoms with Crippen LogP contribution in [0.15, 0.2) is 12.2 Å². The van der Waals surface area contributed by atoms with Crippen LogP contribution in [0.25, 0.3) is 0 Å². The van der Waals surface area contributed by atoms with E-state index in [4.69, 9.17) is 14.0 Å². The number of esters is 2. The normalized spacial score (nSPS) is 13.5. The van der Waals surface area contributed by atoms with Crippen LogP contribution in [0, 0.1) is 0 Å². The lowest BCUT2D eigenvalue weighted by Crippen LogP contribution is -2.29. The highest BCUT2D eigenvalue weighted by Crippen LogP contribution is 2.42. The number of ether oxygens (including phenoxy) is 2. The number of hydrogen-bond acceptors (Lipinski definition) is 7. The first-order chi connectivity index (χ1) is 23.8. The van der Waals surface area contributed by atoms with Crippen molar-refractivity contribution in [3.8, 4) is 0 Å². The quantitative estimate of drug-likeness (QED) is 0.0291. The average Bonchev–Trinajstić information content (AvgIpc) is 3.09. The van der Waals surface area contributed by atoms with E-state index in [0.29, 0.717) is 12.8 Å². The van der Waals surface area contributed by atoms with Gasteiger partial charge < -0.3 is 14.4 Å². The summed E-state index contributed by atoms with van der Waals surface area (Å²) < 4.78 is 31.9. The monoisotopic (exact) mass is 717 g/mol. The van der Waals surface area contributed by atoms with Gasteiger partial charge in [-0.1, -0.05) is 167 Å². The third-order valence-corrected chi connectivity index (χ3v) is 9.95. The molecule has 0 aromatic carbocycles. The van der Waals surface area contributed by atoms with E-state index in [-0.39, 0.29) is 19.0 Å². The number of unbranched alkanes of at least 4 members (excludes halogenated alkanes) is 25. The lowest BCUT2D eigenvalue weighted by molar-refractivity contribution is -0.161. The average molecular weight is 717 g/mol. The van der Waals surface area contributed by atoms with Crippen LogP contribution in [0.2, 0.25) is 0 Å². The molecular formula is C40H77O8P. The molecule has 0 aliphatic heterocycles. The molecule has 0 spiro atoms. The lowest BCUT2D eigenvalue weighted by atomic mass is 10.1. The largest absolute Gasteiger partial charge is 0.472 e. The van der Waals surface area contributed by atoms with Gasteiger partial charge in [0.25, 0.3) is 0 Å².